The second-order valence-electron chi connectivity index (χ2n) is 7.29. The monoisotopic (exact) mass is 386 g/mol. The topological polar surface area (TPSA) is 55.9 Å². The van der Waals surface area contributed by atoms with Crippen LogP contribution in [0.25, 0.3) is 22.5 Å². The largest absolute Gasteiger partial charge is 0.391 e. The fourth-order valence-corrected chi connectivity index (χ4v) is 3.70. The molecule has 4 aromatic rings. The van der Waals surface area contributed by atoms with Crippen LogP contribution in [-0.4, -0.2) is 30.5 Å². The Kier molecular flexibility index (Phi) is 5.58. The summed E-state index contributed by atoms with van der Waals surface area (Å²) in [5.74, 6) is 0. The highest BCUT2D eigenvalue weighted by atomic mass is 16.3. The van der Waals surface area contributed by atoms with E-state index in [9.17, 15) is 5.11 Å². The summed E-state index contributed by atoms with van der Waals surface area (Å²) in [6, 6.07) is 20.3. The molecule has 0 saturated heterocycles. The van der Waals surface area contributed by atoms with Crippen molar-refractivity contribution in [1.82, 2.24) is 19.3 Å². The van der Waals surface area contributed by atoms with Gasteiger partial charge in [0.05, 0.1) is 36.1 Å². The van der Waals surface area contributed by atoms with E-state index in [4.69, 9.17) is 4.98 Å². The third-order valence-electron chi connectivity index (χ3n) is 5.13. The predicted octanol–water partition coefficient (Wildman–Crippen LogP) is 4.35. The highest BCUT2D eigenvalue weighted by molar-refractivity contribution is 5.79. The van der Waals surface area contributed by atoms with Crippen LogP contribution in [0.1, 0.15) is 18.2 Å². The van der Waals surface area contributed by atoms with Crippen LogP contribution in [0.5, 0.6) is 0 Å². The highest BCUT2D eigenvalue weighted by Crippen LogP contribution is 2.33. The molecule has 0 aliphatic carbocycles. The van der Waals surface area contributed by atoms with Crippen molar-refractivity contribution in [2.45, 2.75) is 39.5 Å². The molecule has 0 spiro atoms. The first-order chi connectivity index (χ1) is 14.2. The number of aryl methyl sites for hydroxylation is 2. The summed E-state index contributed by atoms with van der Waals surface area (Å²) < 4.78 is 4.00. The van der Waals surface area contributed by atoms with E-state index in [2.05, 4.69) is 34.9 Å². The van der Waals surface area contributed by atoms with E-state index in [1.54, 1.807) is 0 Å². The minimum atomic E-state index is -0.504. The Morgan fingerprint density at radius 1 is 1.00 bits per heavy atom. The van der Waals surface area contributed by atoms with Crippen LogP contribution in [0.15, 0.2) is 73.2 Å². The van der Waals surface area contributed by atoms with Crippen LogP contribution >= 0.6 is 0 Å². The Morgan fingerprint density at radius 3 is 2.34 bits per heavy atom. The molecule has 5 heteroatoms. The Morgan fingerprint density at radius 2 is 1.69 bits per heavy atom. The molecule has 0 aliphatic heterocycles. The van der Waals surface area contributed by atoms with Crippen molar-refractivity contribution in [2.24, 2.45) is 0 Å². The average Bonchev–Trinajstić information content (AvgIpc) is 3.32. The van der Waals surface area contributed by atoms with Crippen LogP contribution < -0.4 is 0 Å². The molecule has 5 nitrogen and oxygen atoms in total. The molecule has 4 rings (SSSR count). The first-order valence-corrected chi connectivity index (χ1v) is 10.0. The van der Waals surface area contributed by atoms with Gasteiger partial charge in [0.25, 0.3) is 0 Å². The Hall–Kier alpha value is -3.18. The summed E-state index contributed by atoms with van der Waals surface area (Å²) in [6.45, 7) is 5.39. The minimum absolute atomic E-state index is 0.473. The highest BCUT2D eigenvalue weighted by Gasteiger charge is 2.20. The van der Waals surface area contributed by atoms with Crippen molar-refractivity contribution in [1.29, 1.82) is 0 Å². The van der Waals surface area contributed by atoms with Crippen molar-refractivity contribution >= 4 is 0 Å². The lowest BCUT2D eigenvalue weighted by molar-refractivity contribution is 0.155. The summed E-state index contributed by atoms with van der Waals surface area (Å²) in [6.07, 6.45) is 4.00. The van der Waals surface area contributed by atoms with Crippen molar-refractivity contribution in [3.8, 4) is 22.5 Å². The zero-order valence-electron chi connectivity index (χ0n) is 16.9. The maximum absolute atomic E-state index is 10.8. The molecule has 2 heterocycles. The molecule has 2 aromatic heterocycles. The van der Waals surface area contributed by atoms with E-state index in [-0.39, 0.29) is 0 Å². The fourth-order valence-electron chi connectivity index (χ4n) is 3.70. The van der Waals surface area contributed by atoms with E-state index < -0.39 is 6.10 Å². The van der Waals surface area contributed by atoms with Gasteiger partial charge < -0.3 is 9.67 Å². The number of nitrogens with zero attached hydrogens (tertiary/aromatic N) is 4. The molecule has 0 radical (unpaired) electrons. The lowest BCUT2D eigenvalue weighted by atomic mass is 10.0. The van der Waals surface area contributed by atoms with Gasteiger partial charge in [-0.3, -0.25) is 4.68 Å². The van der Waals surface area contributed by atoms with Crippen molar-refractivity contribution in [2.75, 3.05) is 0 Å². The van der Waals surface area contributed by atoms with Crippen LogP contribution in [0.3, 0.4) is 0 Å². The normalized spacial score (nSPS) is 12.2. The zero-order valence-corrected chi connectivity index (χ0v) is 16.9. The number of imidazole rings is 1. The van der Waals surface area contributed by atoms with Gasteiger partial charge in [-0.2, -0.15) is 5.10 Å². The molecular formula is C24H26N4O. The Labute approximate surface area is 171 Å². The van der Waals surface area contributed by atoms with Crippen molar-refractivity contribution < 1.29 is 5.11 Å². The van der Waals surface area contributed by atoms with E-state index in [1.165, 1.54) is 0 Å². The number of rotatable bonds is 7. The van der Waals surface area contributed by atoms with Gasteiger partial charge in [-0.05, 0) is 19.4 Å². The predicted molar refractivity (Wildman–Crippen MR) is 115 cm³/mol. The number of aliphatic hydroxyl groups excluding tert-OH is 1. The molecule has 0 bridgehead atoms. The van der Waals surface area contributed by atoms with Crippen LogP contribution in [0.2, 0.25) is 0 Å². The summed E-state index contributed by atoms with van der Waals surface area (Å²) in [4.78, 5) is 4.71. The molecule has 1 N–H and O–H groups in total. The van der Waals surface area contributed by atoms with Crippen molar-refractivity contribution in [3.63, 3.8) is 0 Å². The van der Waals surface area contributed by atoms with Gasteiger partial charge in [-0.1, -0.05) is 60.7 Å². The van der Waals surface area contributed by atoms with Gasteiger partial charge in [-0.25, -0.2) is 4.98 Å². The Balaban J connectivity index is 1.72. The van der Waals surface area contributed by atoms with Crippen LogP contribution in [0.4, 0.5) is 0 Å². The van der Waals surface area contributed by atoms with Crippen LogP contribution in [-0.2, 0) is 19.5 Å². The molecule has 1 atom stereocenters. The maximum atomic E-state index is 10.8. The van der Waals surface area contributed by atoms with E-state index >= 15 is 0 Å². The van der Waals surface area contributed by atoms with E-state index in [1.807, 2.05) is 66.5 Å². The summed E-state index contributed by atoms with van der Waals surface area (Å²) in [5.41, 5.74) is 6.11. The van der Waals surface area contributed by atoms with Gasteiger partial charge in [0.15, 0.2) is 0 Å². The van der Waals surface area contributed by atoms with E-state index in [0.29, 0.717) is 13.0 Å². The van der Waals surface area contributed by atoms with Crippen molar-refractivity contribution in [3.05, 3.63) is 84.4 Å². The SMILES string of the molecule is CCn1cc(-c2c(-c3ccccc3)ncn2C[C@@H](O)Cc2ccccc2)c(C)n1. The maximum Gasteiger partial charge on any atom is 0.0964 e. The minimum Gasteiger partial charge on any atom is -0.391 e. The molecular weight excluding hydrogens is 360 g/mol. The quantitative estimate of drug-likeness (QED) is 0.514. The average molecular weight is 386 g/mol. The lowest BCUT2D eigenvalue weighted by Crippen LogP contribution is -2.19. The number of aromatic nitrogens is 4. The van der Waals surface area contributed by atoms with E-state index in [0.717, 1.165) is 40.3 Å². The Bertz CT molecular complexity index is 1070. The fraction of sp³-hybridized carbons (Fsp3) is 0.250. The van der Waals surface area contributed by atoms with Crippen LogP contribution in [0, 0.1) is 6.92 Å². The molecule has 29 heavy (non-hydrogen) atoms. The van der Waals surface area contributed by atoms with Gasteiger partial charge in [0.2, 0.25) is 0 Å². The molecule has 0 amide bonds. The zero-order chi connectivity index (χ0) is 20.2. The first-order valence-electron chi connectivity index (χ1n) is 10.0. The standard InChI is InChI=1S/C24H26N4O/c1-3-28-16-22(18(2)26-28)24-23(20-12-8-5-9-13-20)25-17-27(24)15-21(29)14-19-10-6-4-7-11-19/h4-13,16-17,21,29H,3,14-15H2,1-2H3/t21-/m0/s1. The van der Waals surface area contributed by atoms with Gasteiger partial charge in [0, 0.05) is 30.3 Å². The van der Waals surface area contributed by atoms with Gasteiger partial charge >= 0.3 is 0 Å². The smallest absolute Gasteiger partial charge is 0.0964 e. The number of hydrogen-bond donors (Lipinski definition) is 1. The lowest BCUT2D eigenvalue weighted by Gasteiger charge is -2.15. The second kappa shape index (κ2) is 8.45. The summed E-state index contributed by atoms with van der Waals surface area (Å²) >= 11 is 0. The first kappa shape index (κ1) is 19.2. The number of hydrogen-bond acceptors (Lipinski definition) is 3. The third-order valence-corrected chi connectivity index (χ3v) is 5.13. The molecule has 0 saturated carbocycles. The summed E-state index contributed by atoms with van der Waals surface area (Å²) in [7, 11) is 0. The number of benzene rings is 2. The molecule has 2 aromatic carbocycles. The molecule has 0 aliphatic rings. The van der Waals surface area contributed by atoms with Gasteiger partial charge in [0.1, 0.15) is 0 Å². The third kappa shape index (κ3) is 4.15. The molecule has 148 valence electrons. The number of aliphatic hydroxyl groups is 1. The molecule has 0 fully saturated rings. The second-order valence-corrected chi connectivity index (χ2v) is 7.29. The molecule has 0 unspecified atom stereocenters. The summed E-state index contributed by atoms with van der Waals surface area (Å²) in [5, 5.41) is 15.4. The van der Waals surface area contributed by atoms with Gasteiger partial charge in [-0.15, -0.1) is 0 Å².